The number of aliphatic imine (C=N–C) groups is 1. The van der Waals surface area contributed by atoms with Crippen LogP contribution in [0.3, 0.4) is 0 Å². The Morgan fingerprint density at radius 3 is 2.60 bits per heavy atom. The number of aryl methyl sites for hydroxylation is 1. The molecule has 0 aliphatic carbocycles. The number of amides is 1. The van der Waals surface area contributed by atoms with E-state index >= 15 is 0 Å². The highest BCUT2D eigenvalue weighted by atomic mass is 35.5. The van der Waals surface area contributed by atoms with Crippen molar-refractivity contribution < 1.29 is 18.7 Å². The monoisotopic (exact) mass is 494 g/mol. The van der Waals surface area contributed by atoms with Gasteiger partial charge in [0, 0.05) is 42.9 Å². The average Bonchev–Trinajstić information content (AvgIpc) is 3.26. The molecule has 0 fully saturated rings. The fourth-order valence-corrected chi connectivity index (χ4v) is 4.08. The number of benzene rings is 2. The van der Waals surface area contributed by atoms with Crippen LogP contribution in [0.15, 0.2) is 53.7 Å². The molecule has 0 spiro atoms. The number of amidine groups is 1. The van der Waals surface area contributed by atoms with Gasteiger partial charge in [-0.1, -0.05) is 17.7 Å². The molecule has 35 heavy (non-hydrogen) atoms. The van der Waals surface area contributed by atoms with Gasteiger partial charge in [0.2, 0.25) is 0 Å². The minimum atomic E-state index is -0.641. The second-order valence-electron chi connectivity index (χ2n) is 8.23. The minimum absolute atomic E-state index is 0.0663. The Labute approximate surface area is 207 Å². The van der Waals surface area contributed by atoms with E-state index in [1.165, 1.54) is 25.4 Å². The maximum Gasteiger partial charge on any atom is 0.257 e. The number of carbonyl (C=O) groups excluding carboxylic acids is 2. The molecule has 2 aromatic carbocycles. The molecule has 0 bridgehead atoms. The Hall–Kier alpha value is -3.78. The van der Waals surface area contributed by atoms with Crippen molar-refractivity contribution >= 4 is 34.9 Å². The summed E-state index contributed by atoms with van der Waals surface area (Å²) in [6.45, 7) is 3.23. The zero-order valence-corrected chi connectivity index (χ0v) is 20.3. The van der Waals surface area contributed by atoms with Gasteiger partial charge in [-0.15, -0.1) is 0 Å². The van der Waals surface area contributed by atoms with Crippen molar-refractivity contribution in [2.45, 2.75) is 13.3 Å². The summed E-state index contributed by atoms with van der Waals surface area (Å²) in [6.07, 6.45) is 1.19. The molecular formula is C26H24ClFN4O3. The molecule has 1 amide bonds. The van der Waals surface area contributed by atoms with Gasteiger partial charge >= 0.3 is 0 Å². The summed E-state index contributed by atoms with van der Waals surface area (Å²) in [5.74, 6) is -0.222. The zero-order valence-electron chi connectivity index (χ0n) is 19.6. The number of aromatic nitrogens is 1. The molecule has 4 rings (SSSR count). The Balaban J connectivity index is 1.63. The molecule has 0 saturated carbocycles. The molecule has 3 aromatic rings. The smallest absolute Gasteiger partial charge is 0.257 e. The van der Waals surface area contributed by atoms with Crippen molar-refractivity contribution in [3.8, 4) is 5.75 Å². The minimum Gasteiger partial charge on any atom is -0.496 e. The van der Waals surface area contributed by atoms with Gasteiger partial charge in [-0.3, -0.25) is 14.6 Å². The number of hydrogen-bond donors (Lipinski definition) is 1. The maximum atomic E-state index is 15.0. The molecule has 180 valence electrons. The van der Waals surface area contributed by atoms with E-state index < -0.39 is 17.5 Å². The van der Waals surface area contributed by atoms with Crippen LogP contribution in [0.4, 0.5) is 10.2 Å². The largest absolute Gasteiger partial charge is 0.496 e. The lowest BCUT2D eigenvalue weighted by molar-refractivity contribution is 0.0987. The Bertz CT molecular complexity index is 1320. The second-order valence-corrected chi connectivity index (χ2v) is 8.67. The number of pyridine rings is 1. The highest BCUT2D eigenvalue weighted by Crippen LogP contribution is 2.28. The first-order valence-corrected chi connectivity index (χ1v) is 11.3. The normalized spacial score (nSPS) is 12.9. The molecule has 1 N–H and O–H groups in total. The highest BCUT2D eigenvalue weighted by molar-refractivity contribution is 6.30. The summed E-state index contributed by atoms with van der Waals surface area (Å²) >= 11 is 5.86. The molecule has 9 heteroatoms. The SMILES string of the molecule is COc1cc(C)cc(C(=O)Nc2ccc(Cl)cn2)c1CC(=O)c1ccc(C2=NCCN2C)cc1F. The van der Waals surface area contributed by atoms with Crippen molar-refractivity contribution in [1.29, 1.82) is 0 Å². The van der Waals surface area contributed by atoms with E-state index in [2.05, 4.69) is 15.3 Å². The number of Topliss-reactive ketones (excluding diaryl/α,β-unsaturated/α-hetero) is 1. The average molecular weight is 495 g/mol. The van der Waals surface area contributed by atoms with E-state index in [9.17, 15) is 14.0 Å². The molecule has 1 aliphatic rings. The first-order valence-electron chi connectivity index (χ1n) is 11.0. The standard InChI is InChI=1S/C26H24ClFN4O3/c1-15-10-20(26(34)31-24-7-5-17(27)14-30-24)19(23(11-15)35-3)13-22(33)18-6-4-16(12-21(18)28)25-29-8-9-32(25)2/h4-7,10-12,14H,8-9,13H2,1-3H3,(H,30,31,34). The van der Waals surface area contributed by atoms with Crippen molar-refractivity contribution in [2.75, 3.05) is 32.6 Å². The van der Waals surface area contributed by atoms with Gasteiger partial charge in [0.15, 0.2) is 5.78 Å². The summed E-state index contributed by atoms with van der Waals surface area (Å²) < 4.78 is 20.5. The third kappa shape index (κ3) is 5.33. The van der Waals surface area contributed by atoms with Gasteiger partial charge < -0.3 is 15.0 Å². The number of rotatable bonds is 7. The summed E-state index contributed by atoms with van der Waals surface area (Å²) in [5.41, 5.74) is 1.92. The van der Waals surface area contributed by atoms with Crippen molar-refractivity contribution in [3.63, 3.8) is 0 Å². The zero-order chi connectivity index (χ0) is 25.1. The van der Waals surface area contributed by atoms with E-state index in [0.717, 1.165) is 12.1 Å². The van der Waals surface area contributed by atoms with Crippen molar-refractivity contribution in [2.24, 2.45) is 4.99 Å². The van der Waals surface area contributed by atoms with Gasteiger partial charge in [-0.25, -0.2) is 9.37 Å². The predicted molar refractivity (Wildman–Crippen MR) is 133 cm³/mol. The molecule has 1 aromatic heterocycles. The lowest BCUT2D eigenvalue weighted by atomic mass is 9.95. The molecule has 0 atom stereocenters. The lowest BCUT2D eigenvalue weighted by Gasteiger charge is -2.16. The number of nitrogens with one attached hydrogen (secondary N) is 1. The number of likely N-dealkylation sites (N-methyl/N-ethyl adjacent to an activating group) is 1. The molecule has 0 unspecified atom stereocenters. The summed E-state index contributed by atoms with van der Waals surface area (Å²) in [6, 6.07) is 11.0. The Morgan fingerprint density at radius 2 is 1.97 bits per heavy atom. The second kappa shape index (κ2) is 10.2. The topological polar surface area (TPSA) is 83.9 Å². The number of hydrogen-bond acceptors (Lipinski definition) is 6. The van der Waals surface area contributed by atoms with Crippen LogP contribution in [0.1, 0.15) is 37.4 Å². The first kappa shape index (κ1) is 24.3. The Kier molecular flexibility index (Phi) is 7.12. The molecule has 0 saturated heterocycles. The van der Waals surface area contributed by atoms with Gasteiger partial charge in [-0.2, -0.15) is 0 Å². The lowest BCUT2D eigenvalue weighted by Crippen LogP contribution is -2.23. The highest BCUT2D eigenvalue weighted by Gasteiger charge is 2.23. The van der Waals surface area contributed by atoms with E-state index in [-0.39, 0.29) is 17.5 Å². The Morgan fingerprint density at radius 1 is 1.17 bits per heavy atom. The van der Waals surface area contributed by atoms with Crippen LogP contribution in [0.5, 0.6) is 5.75 Å². The molecule has 7 nitrogen and oxygen atoms in total. The quantitative estimate of drug-likeness (QED) is 0.487. The summed E-state index contributed by atoms with van der Waals surface area (Å²) in [5, 5.41) is 3.14. The number of carbonyl (C=O) groups is 2. The number of halogens is 2. The number of methoxy groups -OCH3 is 1. The van der Waals surface area contributed by atoms with Crippen LogP contribution < -0.4 is 10.1 Å². The fraction of sp³-hybridized carbons (Fsp3) is 0.231. The molecule has 0 radical (unpaired) electrons. The predicted octanol–water partition coefficient (Wildman–Crippen LogP) is 4.56. The molecular weight excluding hydrogens is 471 g/mol. The third-order valence-corrected chi connectivity index (χ3v) is 5.93. The van der Waals surface area contributed by atoms with Crippen LogP contribution >= 0.6 is 11.6 Å². The summed E-state index contributed by atoms with van der Waals surface area (Å²) in [7, 11) is 3.35. The van der Waals surface area contributed by atoms with Gasteiger partial charge in [-0.05, 0) is 48.9 Å². The molecule has 1 aliphatic heterocycles. The van der Waals surface area contributed by atoms with Gasteiger partial charge in [0.1, 0.15) is 23.2 Å². The van der Waals surface area contributed by atoms with Crippen LogP contribution in [0.25, 0.3) is 0 Å². The van der Waals surface area contributed by atoms with Crippen LogP contribution in [-0.4, -0.2) is 54.7 Å². The number of anilines is 1. The van der Waals surface area contributed by atoms with E-state index in [1.807, 2.05) is 18.9 Å². The van der Waals surface area contributed by atoms with E-state index in [1.54, 1.807) is 30.3 Å². The van der Waals surface area contributed by atoms with Crippen molar-refractivity contribution in [3.05, 3.63) is 87.3 Å². The number of ether oxygens (including phenoxy) is 1. The van der Waals surface area contributed by atoms with Crippen LogP contribution in [-0.2, 0) is 6.42 Å². The number of ketones is 1. The summed E-state index contributed by atoms with van der Waals surface area (Å²) in [4.78, 5) is 36.7. The first-order chi connectivity index (χ1) is 16.8. The van der Waals surface area contributed by atoms with E-state index in [4.69, 9.17) is 16.3 Å². The molecule has 2 heterocycles. The maximum absolute atomic E-state index is 15.0. The fourth-order valence-electron chi connectivity index (χ4n) is 3.96. The van der Waals surface area contributed by atoms with Crippen LogP contribution in [0.2, 0.25) is 5.02 Å². The third-order valence-electron chi connectivity index (χ3n) is 5.71. The van der Waals surface area contributed by atoms with Crippen molar-refractivity contribution in [1.82, 2.24) is 9.88 Å². The number of nitrogens with zero attached hydrogens (tertiary/aromatic N) is 3. The van der Waals surface area contributed by atoms with Gasteiger partial charge in [0.05, 0.1) is 24.2 Å². The van der Waals surface area contributed by atoms with E-state index in [0.29, 0.717) is 40.1 Å². The van der Waals surface area contributed by atoms with Crippen LogP contribution in [0, 0.1) is 12.7 Å². The van der Waals surface area contributed by atoms with Gasteiger partial charge in [0.25, 0.3) is 5.91 Å².